The van der Waals surface area contributed by atoms with Crippen LogP contribution in [-0.4, -0.2) is 42.1 Å². The summed E-state index contributed by atoms with van der Waals surface area (Å²) in [5.74, 6) is 0.764. The summed E-state index contributed by atoms with van der Waals surface area (Å²) in [4.78, 5) is 14.5. The van der Waals surface area contributed by atoms with Crippen LogP contribution in [-0.2, 0) is 7.05 Å². The number of aromatic nitrogens is 1. The average molecular weight is 249 g/mol. The van der Waals surface area contributed by atoms with Crippen LogP contribution in [0.15, 0.2) is 12.1 Å². The highest BCUT2D eigenvalue weighted by Crippen LogP contribution is 2.18. The molecular formula is C14H23N3O. The van der Waals surface area contributed by atoms with Crippen LogP contribution in [0, 0.1) is 12.8 Å². The van der Waals surface area contributed by atoms with Crippen molar-refractivity contribution in [1.29, 1.82) is 0 Å². The number of nitrogens with one attached hydrogen (secondary N) is 1. The number of hydrogen-bond acceptors (Lipinski definition) is 2. The number of aryl methyl sites for hydroxylation is 1. The van der Waals surface area contributed by atoms with E-state index in [2.05, 4.69) is 5.32 Å². The molecule has 4 heteroatoms. The normalized spacial score (nSPS) is 20.2. The van der Waals surface area contributed by atoms with E-state index in [4.69, 9.17) is 0 Å². The van der Waals surface area contributed by atoms with Crippen LogP contribution in [0.2, 0.25) is 0 Å². The SMILES string of the molecule is CNCC1CCCN(C(=O)c2ccc(C)n2C)C1. The maximum atomic E-state index is 12.5. The zero-order valence-corrected chi connectivity index (χ0v) is 11.6. The maximum absolute atomic E-state index is 12.5. The van der Waals surface area contributed by atoms with Gasteiger partial charge in [0.05, 0.1) is 0 Å². The van der Waals surface area contributed by atoms with Crippen LogP contribution in [0.4, 0.5) is 0 Å². The first-order chi connectivity index (χ1) is 8.63. The second-order valence-electron chi connectivity index (χ2n) is 5.24. The molecule has 1 aliphatic rings. The molecule has 4 nitrogen and oxygen atoms in total. The molecule has 2 rings (SSSR count). The van der Waals surface area contributed by atoms with Crippen molar-refractivity contribution in [2.24, 2.45) is 13.0 Å². The summed E-state index contributed by atoms with van der Waals surface area (Å²) in [5, 5.41) is 3.21. The summed E-state index contributed by atoms with van der Waals surface area (Å²) >= 11 is 0. The van der Waals surface area contributed by atoms with Crippen LogP contribution < -0.4 is 5.32 Å². The Hall–Kier alpha value is -1.29. The molecule has 1 saturated heterocycles. The predicted molar refractivity (Wildman–Crippen MR) is 72.7 cm³/mol. The van der Waals surface area contributed by atoms with Crippen molar-refractivity contribution >= 4 is 5.91 Å². The Morgan fingerprint density at radius 1 is 1.50 bits per heavy atom. The van der Waals surface area contributed by atoms with E-state index in [1.165, 1.54) is 6.42 Å². The zero-order chi connectivity index (χ0) is 13.1. The molecule has 1 atom stereocenters. The number of amides is 1. The smallest absolute Gasteiger partial charge is 0.270 e. The topological polar surface area (TPSA) is 37.3 Å². The van der Waals surface area contributed by atoms with Crippen molar-refractivity contribution in [3.05, 3.63) is 23.5 Å². The predicted octanol–water partition coefficient (Wildman–Crippen LogP) is 1.41. The Labute approximate surface area is 109 Å². The summed E-state index contributed by atoms with van der Waals surface area (Å²) in [6, 6.07) is 3.93. The first-order valence-electron chi connectivity index (χ1n) is 6.69. The molecule has 1 unspecified atom stereocenters. The molecule has 1 aromatic rings. The molecule has 1 amide bonds. The number of carbonyl (C=O) groups excluding carboxylic acids is 1. The molecule has 0 aliphatic carbocycles. The zero-order valence-electron chi connectivity index (χ0n) is 11.6. The van der Waals surface area contributed by atoms with Gasteiger partial charge in [0.25, 0.3) is 5.91 Å². The highest BCUT2D eigenvalue weighted by molar-refractivity contribution is 5.93. The molecule has 0 saturated carbocycles. The van der Waals surface area contributed by atoms with Gasteiger partial charge in [0.1, 0.15) is 5.69 Å². The molecule has 1 aromatic heterocycles. The summed E-state index contributed by atoms with van der Waals surface area (Å²) in [5.41, 5.74) is 1.93. The van der Waals surface area contributed by atoms with Gasteiger partial charge < -0.3 is 14.8 Å². The van der Waals surface area contributed by atoms with E-state index < -0.39 is 0 Å². The van der Waals surface area contributed by atoms with E-state index in [0.29, 0.717) is 5.92 Å². The molecule has 1 aliphatic heterocycles. The standard InChI is InChI=1S/C14H23N3O/c1-11-6-7-13(16(11)3)14(18)17-8-4-5-12(10-17)9-15-2/h6-7,12,15H,4-5,8-10H2,1-3H3. The molecular weight excluding hydrogens is 226 g/mol. The van der Waals surface area contributed by atoms with E-state index in [1.807, 2.05) is 42.6 Å². The van der Waals surface area contributed by atoms with Crippen LogP contribution in [0.5, 0.6) is 0 Å². The van der Waals surface area contributed by atoms with Gasteiger partial charge in [0.2, 0.25) is 0 Å². The number of carbonyl (C=O) groups is 1. The van der Waals surface area contributed by atoms with Crippen LogP contribution in [0.1, 0.15) is 29.0 Å². The van der Waals surface area contributed by atoms with Gasteiger partial charge >= 0.3 is 0 Å². The molecule has 0 radical (unpaired) electrons. The van der Waals surface area contributed by atoms with Crippen molar-refractivity contribution in [2.75, 3.05) is 26.7 Å². The highest BCUT2D eigenvalue weighted by atomic mass is 16.2. The fourth-order valence-corrected chi connectivity index (χ4v) is 2.69. The van der Waals surface area contributed by atoms with E-state index >= 15 is 0 Å². The fourth-order valence-electron chi connectivity index (χ4n) is 2.69. The molecule has 1 N–H and O–H groups in total. The Kier molecular flexibility index (Phi) is 4.07. The van der Waals surface area contributed by atoms with Crippen molar-refractivity contribution in [2.45, 2.75) is 19.8 Å². The van der Waals surface area contributed by atoms with Gasteiger partial charge in [0.15, 0.2) is 0 Å². The monoisotopic (exact) mass is 249 g/mol. The van der Waals surface area contributed by atoms with Crippen molar-refractivity contribution < 1.29 is 4.79 Å². The van der Waals surface area contributed by atoms with Crippen LogP contribution >= 0.6 is 0 Å². The molecule has 100 valence electrons. The van der Waals surface area contributed by atoms with Gasteiger partial charge in [-0.15, -0.1) is 0 Å². The Balaban J connectivity index is 2.07. The van der Waals surface area contributed by atoms with Crippen molar-refractivity contribution in [3.63, 3.8) is 0 Å². The second kappa shape index (κ2) is 5.57. The summed E-state index contributed by atoms with van der Waals surface area (Å²) < 4.78 is 1.98. The molecule has 18 heavy (non-hydrogen) atoms. The Morgan fingerprint density at radius 2 is 2.28 bits per heavy atom. The van der Waals surface area contributed by atoms with Gasteiger partial charge in [-0.3, -0.25) is 4.79 Å². The molecule has 0 aromatic carbocycles. The van der Waals surface area contributed by atoms with Crippen molar-refractivity contribution in [1.82, 2.24) is 14.8 Å². The van der Waals surface area contributed by atoms with E-state index in [1.54, 1.807) is 0 Å². The number of piperidine rings is 1. The molecule has 0 spiro atoms. The Morgan fingerprint density at radius 3 is 2.89 bits per heavy atom. The first kappa shape index (κ1) is 13.1. The fraction of sp³-hybridized carbons (Fsp3) is 0.643. The van der Waals surface area contributed by atoms with E-state index in [-0.39, 0.29) is 5.91 Å². The highest BCUT2D eigenvalue weighted by Gasteiger charge is 2.25. The summed E-state index contributed by atoms with van der Waals surface area (Å²) in [7, 11) is 3.93. The third-order valence-electron chi connectivity index (χ3n) is 3.89. The number of likely N-dealkylation sites (tertiary alicyclic amines) is 1. The van der Waals surface area contributed by atoms with Gasteiger partial charge in [-0.05, 0) is 51.4 Å². The van der Waals surface area contributed by atoms with Gasteiger partial charge in [-0.1, -0.05) is 0 Å². The molecule has 1 fully saturated rings. The lowest BCUT2D eigenvalue weighted by Gasteiger charge is -2.32. The number of rotatable bonds is 3. The number of hydrogen-bond donors (Lipinski definition) is 1. The van der Waals surface area contributed by atoms with Crippen LogP contribution in [0.3, 0.4) is 0 Å². The van der Waals surface area contributed by atoms with Crippen molar-refractivity contribution in [3.8, 4) is 0 Å². The first-order valence-corrected chi connectivity index (χ1v) is 6.69. The summed E-state index contributed by atoms with van der Waals surface area (Å²) in [6.45, 7) is 4.79. The van der Waals surface area contributed by atoms with E-state index in [0.717, 1.165) is 37.4 Å². The minimum absolute atomic E-state index is 0.173. The van der Waals surface area contributed by atoms with Gasteiger partial charge in [0, 0.05) is 25.8 Å². The lowest BCUT2D eigenvalue weighted by atomic mass is 9.98. The Bertz CT molecular complexity index is 423. The molecule has 2 heterocycles. The summed E-state index contributed by atoms with van der Waals surface area (Å²) in [6.07, 6.45) is 2.33. The quantitative estimate of drug-likeness (QED) is 0.879. The third-order valence-corrected chi connectivity index (χ3v) is 3.89. The number of nitrogens with zero attached hydrogens (tertiary/aromatic N) is 2. The van der Waals surface area contributed by atoms with Crippen LogP contribution in [0.25, 0.3) is 0 Å². The van der Waals surface area contributed by atoms with E-state index in [9.17, 15) is 4.79 Å². The lowest BCUT2D eigenvalue weighted by Crippen LogP contribution is -2.43. The lowest BCUT2D eigenvalue weighted by molar-refractivity contribution is 0.0664. The minimum Gasteiger partial charge on any atom is -0.344 e. The second-order valence-corrected chi connectivity index (χ2v) is 5.24. The third kappa shape index (κ3) is 2.58. The van der Waals surface area contributed by atoms with Gasteiger partial charge in [-0.2, -0.15) is 0 Å². The maximum Gasteiger partial charge on any atom is 0.270 e. The minimum atomic E-state index is 0.173. The van der Waals surface area contributed by atoms with Gasteiger partial charge in [-0.25, -0.2) is 0 Å². The molecule has 0 bridgehead atoms. The average Bonchev–Trinajstić information content (AvgIpc) is 2.70. The largest absolute Gasteiger partial charge is 0.344 e.